The number of nitrogens with zero attached hydrogens (tertiary/aromatic N) is 3. The van der Waals surface area contributed by atoms with Gasteiger partial charge in [0.25, 0.3) is 5.91 Å². The maximum Gasteiger partial charge on any atom is 0.316 e. The molecule has 0 bridgehead atoms. The Morgan fingerprint density at radius 1 is 1.23 bits per heavy atom. The van der Waals surface area contributed by atoms with Gasteiger partial charge in [-0.05, 0) is 35.6 Å². The summed E-state index contributed by atoms with van der Waals surface area (Å²) in [5.41, 5.74) is 3.16. The Bertz CT molecular complexity index is 1250. The quantitative estimate of drug-likeness (QED) is 0.266. The molecule has 0 radical (unpaired) electrons. The van der Waals surface area contributed by atoms with E-state index in [4.69, 9.17) is 9.15 Å². The lowest BCUT2D eigenvalue weighted by atomic mass is 10.1. The Kier molecular flexibility index (Phi) is 5.14. The molecule has 0 fully saturated rings. The number of aromatic nitrogens is 2. The van der Waals surface area contributed by atoms with E-state index in [9.17, 15) is 9.59 Å². The van der Waals surface area contributed by atoms with E-state index < -0.39 is 5.97 Å². The van der Waals surface area contributed by atoms with Gasteiger partial charge < -0.3 is 14.1 Å². The van der Waals surface area contributed by atoms with E-state index in [1.54, 1.807) is 16.2 Å². The summed E-state index contributed by atoms with van der Waals surface area (Å²) >= 11 is 2.93. The number of hydrogen-bond acceptors (Lipinski definition) is 8. The Labute approximate surface area is 180 Å². The molecule has 7 nitrogen and oxygen atoms in total. The normalized spacial score (nSPS) is 13.5. The van der Waals surface area contributed by atoms with Gasteiger partial charge in [-0.2, -0.15) is 0 Å². The minimum Gasteiger partial charge on any atom is -0.455 e. The first-order chi connectivity index (χ1) is 14.7. The molecule has 1 aliphatic heterocycles. The maximum absolute atomic E-state index is 12.4. The molecule has 0 atom stereocenters. The van der Waals surface area contributed by atoms with Gasteiger partial charge in [-0.25, -0.2) is 9.97 Å². The molecule has 0 saturated carbocycles. The average molecular weight is 440 g/mol. The van der Waals surface area contributed by atoms with Crippen LogP contribution < -0.4 is 0 Å². The Morgan fingerprint density at radius 2 is 2.13 bits per heavy atom. The Balaban J connectivity index is 1.18. The molecule has 4 aromatic rings. The van der Waals surface area contributed by atoms with Gasteiger partial charge in [-0.15, -0.1) is 11.3 Å². The van der Waals surface area contributed by atoms with Gasteiger partial charge in [0.2, 0.25) is 0 Å². The molecule has 1 aliphatic rings. The van der Waals surface area contributed by atoms with Crippen molar-refractivity contribution in [2.24, 2.45) is 0 Å². The molecule has 0 spiro atoms. The minimum atomic E-state index is -0.468. The van der Waals surface area contributed by atoms with Crippen molar-refractivity contribution >= 4 is 57.0 Å². The number of furan rings is 1. The summed E-state index contributed by atoms with van der Waals surface area (Å²) in [6, 6.07) is 9.65. The minimum absolute atomic E-state index is 0.0329. The topological polar surface area (TPSA) is 85.5 Å². The van der Waals surface area contributed by atoms with Crippen LogP contribution >= 0.6 is 23.1 Å². The summed E-state index contributed by atoms with van der Waals surface area (Å²) in [5, 5.41) is 3.52. The van der Waals surface area contributed by atoms with Crippen LogP contribution in [0.4, 0.5) is 0 Å². The zero-order valence-electron chi connectivity index (χ0n) is 15.9. The number of ether oxygens (including phenoxy) is 1. The smallest absolute Gasteiger partial charge is 0.316 e. The zero-order chi connectivity index (χ0) is 20.5. The number of thiophene rings is 1. The summed E-state index contributed by atoms with van der Waals surface area (Å²) in [6.07, 6.45) is 2.31. The Hall–Kier alpha value is -2.91. The lowest BCUT2D eigenvalue weighted by molar-refractivity contribution is -0.150. The highest BCUT2D eigenvalue weighted by Crippen LogP contribution is 2.32. The van der Waals surface area contributed by atoms with Gasteiger partial charge in [0.15, 0.2) is 12.2 Å². The molecule has 0 unspecified atom stereocenters. The van der Waals surface area contributed by atoms with E-state index in [1.165, 1.54) is 28.5 Å². The molecule has 9 heteroatoms. The number of amides is 1. The van der Waals surface area contributed by atoms with Crippen molar-refractivity contribution in [1.82, 2.24) is 14.9 Å². The van der Waals surface area contributed by atoms with E-state index in [0.717, 1.165) is 17.4 Å². The number of carbonyl (C=O) groups excluding carboxylic acids is 2. The van der Waals surface area contributed by atoms with Crippen molar-refractivity contribution in [3.63, 3.8) is 0 Å². The third-order valence-electron chi connectivity index (χ3n) is 4.97. The molecule has 4 heterocycles. The van der Waals surface area contributed by atoms with Crippen LogP contribution in [0.15, 0.2) is 51.5 Å². The summed E-state index contributed by atoms with van der Waals surface area (Å²) in [5.74, 6) is -0.609. The number of rotatable bonds is 5. The lowest BCUT2D eigenvalue weighted by Gasteiger charge is -2.26. The number of carbonyl (C=O) groups is 2. The number of para-hydroxylation sites is 1. The fourth-order valence-corrected chi connectivity index (χ4v) is 5.09. The predicted octanol–water partition coefficient (Wildman–Crippen LogP) is 3.66. The van der Waals surface area contributed by atoms with Crippen LogP contribution in [0.2, 0.25) is 0 Å². The van der Waals surface area contributed by atoms with Crippen molar-refractivity contribution in [3.05, 3.63) is 52.5 Å². The fraction of sp³-hybridized carbons (Fsp3) is 0.238. The van der Waals surface area contributed by atoms with Crippen molar-refractivity contribution in [3.8, 4) is 0 Å². The van der Waals surface area contributed by atoms with Crippen LogP contribution in [-0.4, -0.2) is 45.6 Å². The van der Waals surface area contributed by atoms with E-state index in [0.29, 0.717) is 29.2 Å². The molecule has 0 N–H and O–H groups in total. The van der Waals surface area contributed by atoms with Crippen LogP contribution in [-0.2, 0) is 27.3 Å². The SMILES string of the molecule is O=C(CSc1ncnc2c1oc1ccccc12)OCC(=O)N1CCc2sccc2C1. The van der Waals surface area contributed by atoms with E-state index in [1.807, 2.05) is 35.7 Å². The number of esters is 1. The highest BCUT2D eigenvalue weighted by atomic mass is 32.2. The van der Waals surface area contributed by atoms with Gasteiger partial charge in [0.1, 0.15) is 22.5 Å². The van der Waals surface area contributed by atoms with Crippen molar-refractivity contribution < 1.29 is 18.7 Å². The first-order valence-corrected chi connectivity index (χ1v) is 11.3. The van der Waals surface area contributed by atoms with Gasteiger partial charge in [-0.3, -0.25) is 9.59 Å². The molecular formula is C21H17N3O4S2. The molecular weight excluding hydrogens is 422 g/mol. The van der Waals surface area contributed by atoms with Crippen LogP contribution in [0.25, 0.3) is 22.1 Å². The van der Waals surface area contributed by atoms with Crippen molar-refractivity contribution in [1.29, 1.82) is 0 Å². The number of fused-ring (bicyclic) bond motifs is 4. The zero-order valence-corrected chi connectivity index (χ0v) is 17.5. The van der Waals surface area contributed by atoms with E-state index >= 15 is 0 Å². The summed E-state index contributed by atoms with van der Waals surface area (Å²) < 4.78 is 11.1. The second-order valence-corrected chi connectivity index (χ2v) is 8.80. The second kappa shape index (κ2) is 8.08. The van der Waals surface area contributed by atoms with Gasteiger partial charge in [0, 0.05) is 23.4 Å². The molecule has 30 heavy (non-hydrogen) atoms. The molecule has 3 aromatic heterocycles. The maximum atomic E-state index is 12.4. The van der Waals surface area contributed by atoms with E-state index in [-0.39, 0.29) is 18.3 Å². The highest BCUT2D eigenvalue weighted by molar-refractivity contribution is 8.00. The summed E-state index contributed by atoms with van der Waals surface area (Å²) in [7, 11) is 0. The third kappa shape index (κ3) is 3.66. The molecule has 1 aromatic carbocycles. The summed E-state index contributed by atoms with van der Waals surface area (Å²) in [6.45, 7) is 0.987. The number of hydrogen-bond donors (Lipinski definition) is 0. The molecule has 5 rings (SSSR count). The first kappa shape index (κ1) is 19.1. The molecule has 152 valence electrons. The van der Waals surface area contributed by atoms with Crippen LogP contribution in [0.3, 0.4) is 0 Å². The lowest BCUT2D eigenvalue weighted by Crippen LogP contribution is -2.38. The van der Waals surface area contributed by atoms with Crippen molar-refractivity contribution in [2.75, 3.05) is 18.9 Å². The van der Waals surface area contributed by atoms with Crippen LogP contribution in [0.1, 0.15) is 10.4 Å². The van der Waals surface area contributed by atoms with E-state index in [2.05, 4.69) is 9.97 Å². The Morgan fingerprint density at radius 3 is 3.07 bits per heavy atom. The number of thioether (sulfide) groups is 1. The largest absolute Gasteiger partial charge is 0.455 e. The van der Waals surface area contributed by atoms with Crippen molar-refractivity contribution in [2.45, 2.75) is 18.0 Å². The third-order valence-corrected chi connectivity index (χ3v) is 6.94. The predicted molar refractivity (Wildman–Crippen MR) is 114 cm³/mol. The highest BCUT2D eigenvalue weighted by Gasteiger charge is 2.22. The fourth-order valence-electron chi connectivity index (χ4n) is 3.47. The van der Waals surface area contributed by atoms with Crippen LogP contribution in [0, 0.1) is 0 Å². The standard InChI is InChI=1S/C21H17N3O4S2/c25-17(24-7-5-16-13(9-24)6-8-29-16)10-27-18(26)11-30-21-20-19(22-12-23-21)14-3-1-2-4-15(14)28-20/h1-4,6,8,12H,5,7,9-11H2. The average Bonchev–Trinajstić information content (AvgIpc) is 3.40. The molecule has 0 aliphatic carbocycles. The van der Waals surface area contributed by atoms with Gasteiger partial charge >= 0.3 is 5.97 Å². The molecule has 0 saturated heterocycles. The van der Waals surface area contributed by atoms with Crippen LogP contribution in [0.5, 0.6) is 0 Å². The first-order valence-electron chi connectivity index (χ1n) is 9.43. The van der Waals surface area contributed by atoms with Gasteiger partial charge in [-0.1, -0.05) is 23.9 Å². The second-order valence-electron chi connectivity index (χ2n) is 6.84. The van der Waals surface area contributed by atoms with Gasteiger partial charge in [0.05, 0.1) is 5.75 Å². The number of benzene rings is 1. The molecule has 1 amide bonds. The summed E-state index contributed by atoms with van der Waals surface area (Å²) in [4.78, 5) is 36.2. The monoisotopic (exact) mass is 439 g/mol.